The predicted octanol–water partition coefficient (Wildman–Crippen LogP) is 2.23. The van der Waals surface area contributed by atoms with Gasteiger partial charge >= 0.3 is 0 Å². The van der Waals surface area contributed by atoms with Crippen molar-refractivity contribution < 1.29 is 4.79 Å². The second-order valence-electron chi connectivity index (χ2n) is 4.46. The van der Waals surface area contributed by atoms with E-state index in [0.717, 1.165) is 29.5 Å². The number of nitrogens with one attached hydrogen (secondary N) is 1. The van der Waals surface area contributed by atoms with E-state index in [1.54, 1.807) is 0 Å². The van der Waals surface area contributed by atoms with Crippen molar-refractivity contribution in [2.45, 2.75) is 18.9 Å². The molecule has 0 saturated carbocycles. The summed E-state index contributed by atoms with van der Waals surface area (Å²) in [7, 11) is 1.90. The molecule has 1 aromatic rings. The third kappa shape index (κ3) is 3.97. The van der Waals surface area contributed by atoms with Gasteiger partial charge in [-0.25, -0.2) is 0 Å². The van der Waals surface area contributed by atoms with Crippen molar-refractivity contribution >= 4 is 34.2 Å². The summed E-state index contributed by atoms with van der Waals surface area (Å²) in [5.74, 6) is 0.191. The van der Waals surface area contributed by atoms with E-state index in [2.05, 4.69) is 21.2 Å². The molecule has 1 atom stereocenters. The van der Waals surface area contributed by atoms with Gasteiger partial charge in [0, 0.05) is 24.1 Å². The quantitative estimate of drug-likeness (QED) is 0.920. The number of carbonyl (C=O) groups excluding carboxylic acids is 1. The average molecular weight is 334 g/mol. The molecule has 0 radical (unpaired) electrons. The zero-order valence-corrected chi connectivity index (χ0v) is 12.8. The van der Waals surface area contributed by atoms with Crippen molar-refractivity contribution in [3.8, 4) is 0 Å². The number of hydrogen-bond donors (Lipinski definition) is 1. The molecule has 0 spiro atoms. The maximum Gasteiger partial charge on any atom is 0.227 e. The van der Waals surface area contributed by atoms with Gasteiger partial charge in [0.25, 0.3) is 0 Å². The Labute approximate surface area is 122 Å². The fourth-order valence-corrected chi connectivity index (χ4v) is 2.57. The maximum absolute atomic E-state index is 12.1. The third-order valence-corrected chi connectivity index (χ3v) is 3.71. The van der Waals surface area contributed by atoms with E-state index < -0.39 is 0 Å². The van der Waals surface area contributed by atoms with Gasteiger partial charge in [-0.05, 0) is 30.7 Å². The van der Waals surface area contributed by atoms with E-state index in [9.17, 15) is 4.79 Å². The number of hydrogen-bond acceptors (Lipinski definition) is 2. The molecule has 18 heavy (non-hydrogen) atoms. The summed E-state index contributed by atoms with van der Waals surface area (Å²) in [6, 6.07) is 8.28. The molecule has 1 aromatic carbocycles. The summed E-state index contributed by atoms with van der Waals surface area (Å²) in [6.45, 7) is 1.93. The lowest BCUT2D eigenvalue weighted by Gasteiger charge is -2.23. The molecule has 1 fully saturated rings. The SMILES string of the molecule is CN(C(=O)Cc1cccc(Br)c1)C1CCNC1.Cl. The first-order chi connectivity index (χ1) is 8.16. The lowest BCUT2D eigenvalue weighted by atomic mass is 10.1. The van der Waals surface area contributed by atoms with Gasteiger partial charge in [-0.15, -0.1) is 12.4 Å². The molecule has 0 aromatic heterocycles. The standard InChI is InChI=1S/C13H17BrN2O.ClH/c1-16(12-5-6-15-9-12)13(17)8-10-3-2-4-11(14)7-10;/h2-4,7,12,15H,5-6,8-9H2,1H3;1H. The highest BCUT2D eigenvalue weighted by Gasteiger charge is 2.22. The van der Waals surface area contributed by atoms with Crippen LogP contribution in [0.3, 0.4) is 0 Å². The molecule has 1 N–H and O–H groups in total. The van der Waals surface area contributed by atoms with Gasteiger partial charge in [0.15, 0.2) is 0 Å². The number of nitrogens with zero attached hydrogens (tertiary/aromatic N) is 1. The lowest BCUT2D eigenvalue weighted by Crippen LogP contribution is -2.39. The van der Waals surface area contributed by atoms with Crippen molar-refractivity contribution in [3.63, 3.8) is 0 Å². The Kier molecular flexibility index (Phi) is 6.12. The van der Waals surface area contributed by atoms with E-state index in [4.69, 9.17) is 0 Å². The molecule has 0 bridgehead atoms. The van der Waals surface area contributed by atoms with Crippen LogP contribution in [-0.2, 0) is 11.2 Å². The van der Waals surface area contributed by atoms with Crippen molar-refractivity contribution in [3.05, 3.63) is 34.3 Å². The van der Waals surface area contributed by atoms with E-state index >= 15 is 0 Å². The summed E-state index contributed by atoms with van der Waals surface area (Å²) < 4.78 is 1.02. The van der Waals surface area contributed by atoms with Crippen LogP contribution in [0, 0.1) is 0 Å². The van der Waals surface area contributed by atoms with Gasteiger partial charge in [-0.2, -0.15) is 0 Å². The summed E-state index contributed by atoms with van der Waals surface area (Å²) in [5.41, 5.74) is 1.06. The summed E-state index contributed by atoms with van der Waals surface area (Å²) >= 11 is 3.42. The Morgan fingerprint density at radius 2 is 2.33 bits per heavy atom. The zero-order valence-electron chi connectivity index (χ0n) is 10.4. The van der Waals surface area contributed by atoms with E-state index in [1.807, 2.05) is 36.2 Å². The average Bonchev–Trinajstić information content (AvgIpc) is 2.81. The smallest absolute Gasteiger partial charge is 0.227 e. The van der Waals surface area contributed by atoms with Crippen molar-refractivity contribution in [1.29, 1.82) is 0 Å². The zero-order chi connectivity index (χ0) is 12.3. The molecule has 1 saturated heterocycles. The van der Waals surface area contributed by atoms with Gasteiger partial charge < -0.3 is 10.2 Å². The van der Waals surface area contributed by atoms with Crippen LogP contribution < -0.4 is 5.32 Å². The molecule has 5 heteroatoms. The highest BCUT2D eigenvalue weighted by Crippen LogP contribution is 2.14. The number of benzene rings is 1. The fraction of sp³-hybridized carbons (Fsp3) is 0.462. The maximum atomic E-state index is 12.1. The highest BCUT2D eigenvalue weighted by atomic mass is 79.9. The van der Waals surface area contributed by atoms with Crippen LogP contribution in [0.15, 0.2) is 28.7 Å². The van der Waals surface area contributed by atoms with Gasteiger partial charge in [0.1, 0.15) is 0 Å². The number of carbonyl (C=O) groups is 1. The molecule has 3 nitrogen and oxygen atoms in total. The topological polar surface area (TPSA) is 32.3 Å². The van der Waals surface area contributed by atoms with Crippen LogP contribution in [0.2, 0.25) is 0 Å². The van der Waals surface area contributed by atoms with Crippen LogP contribution >= 0.6 is 28.3 Å². The first-order valence-electron chi connectivity index (χ1n) is 5.87. The molecule has 1 heterocycles. The number of amides is 1. The summed E-state index contributed by atoms with van der Waals surface area (Å²) in [4.78, 5) is 14.0. The predicted molar refractivity (Wildman–Crippen MR) is 79.1 cm³/mol. The van der Waals surface area contributed by atoms with Gasteiger partial charge in [-0.3, -0.25) is 4.79 Å². The van der Waals surface area contributed by atoms with Crippen molar-refractivity contribution in [2.75, 3.05) is 20.1 Å². The number of rotatable bonds is 3. The lowest BCUT2D eigenvalue weighted by molar-refractivity contribution is -0.130. The van der Waals surface area contributed by atoms with Crippen LogP contribution in [0.4, 0.5) is 0 Å². The highest BCUT2D eigenvalue weighted by molar-refractivity contribution is 9.10. The van der Waals surface area contributed by atoms with Gasteiger partial charge in [0.05, 0.1) is 6.42 Å². The molecule has 1 aliphatic heterocycles. The molecular formula is C13H18BrClN2O. The second kappa shape index (κ2) is 7.12. The normalized spacial score (nSPS) is 18.2. The Morgan fingerprint density at radius 1 is 1.56 bits per heavy atom. The molecule has 1 unspecified atom stereocenters. The van der Waals surface area contributed by atoms with E-state index in [-0.39, 0.29) is 18.3 Å². The summed E-state index contributed by atoms with van der Waals surface area (Å²) in [6.07, 6.45) is 1.53. The molecule has 0 aliphatic carbocycles. The Hall–Kier alpha value is -0.580. The minimum absolute atomic E-state index is 0. The van der Waals surface area contributed by atoms with Crippen molar-refractivity contribution in [1.82, 2.24) is 10.2 Å². The van der Waals surface area contributed by atoms with Crippen LogP contribution in [0.25, 0.3) is 0 Å². The van der Waals surface area contributed by atoms with E-state index in [1.165, 1.54) is 0 Å². The first-order valence-corrected chi connectivity index (χ1v) is 6.67. The molecule has 2 rings (SSSR count). The van der Waals surface area contributed by atoms with E-state index in [0.29, 0.717) is 12.5 Å². The Balaban J connectivity index is 0.00000162. The van der Waals surface area contributed by atoms with Crippen LogP contribution in [-0.4, -0.2) is 37.0 Å². The van der Waals surface area contributed by atoms with Gasteiger partial charge in [-0.1, -0.05) is 28.1 Å². The molecule has 1 amide bonds. The monoisotopic (exact) mass is 332 g/mol. The second-order valence-corrected chi connectivity index (χ2v) is 5.37. The Bertz CT molecular complexity index is 408. The summed E-state index contributed by atoms with van der Waals surface area (Å²) in [5, 5.41) is 3.28. The minimum atomic E-state index is 0. The van der Waals surface area contributed by atoms with Gasteiger partial charge in [0.2, 0.25) is 5.91 Å². The van der Waals surface area contributed by atoms with Crippen LogP contribution in [0.1, 0.15) is 12.0 Å². The minimum Gasteiger partial charge on any atom is -0.341 e. The number of likely N-dealkylation sites (N-methyl/N-ethyl adjacent to an activating group) is 1. The third-order valence-electron chi connectivity index (χ3n) is 3.22. The molecule has 1 aliphatic rings. The Morgan fingerprint density at radius 3 is 2.94 bits per heavy atom. The van der Waals surface area contributed by atoms with Crippen molar-refractivity contribution in [2.24, 2.45) is 0 Å². The molecular weight excluding hydrogens is 316 g/mol. The number of halogens is 2. The fourth-order valence-electron chi connectivity index (χ4n) is 2.12. The molecule has 100 valence electrons. The first kappa shape index (κ1) is 15.5. The van der Waals surface area contributed by atoms with Crippen LogP contribution in [0.5, 0.6) is 0 Å². The largest absolute Gasteiger partial charge is 0.341 e.